The second-order valence-corrected chi connectivity index (χ2v) is 6.69. The molecule has 0 saturated carbocycles. The average molecular weight is 476 g/mol. The second kappa shape index (κ2) is 9.30. The fourth-order valence-electron chi connectivity index (χ4n) is 2.45. The summed E-state index contributed by atoms with van der Waals surface area (Å²) >= 11 is 5.79. The summed E-state index contributed by atoms with van der Waals surface area (Å²) in [5.74, 6) is -2.22. The van der Waals surface area contributed by atoms with E-state index >= 15 is 0 Å². The van der Waals surface area contributed by atoms with Crippen LogP contribution in [-0.4, -0.2) is 22.1 Å². The molecule has 168 valence electrons. The van der Waals surface area contributed by atoms with Gasteiger partial charge in [-0.1, -0.05) is 11.6 Å². The van der Waals surface area contributed by atoms with Crippen LogP contribution in [0.1, 0.15) is 28.0 Å². The van der Waals surface area contributed by atoms with Crippen molar-refractivity contribution in [2.45, 2.75) is 12.6 Å². The Balaban J connectivity index is 1.88. The second-order valence-electron chi connectivity index (χ2n) is 6.25. The molecule has 3 aromatic rings. The molecule has 0 radical (unpaired) electrons. The summed E-state index contributed by atoms with van der Waals surface area (Å²) in [4.78, 5) is 16.4. The van der Waals surface area contributed by atoms with E-state index in [1.165, 1.54) is 6.07 Å². The molecule has 3 rings (SSSR count). The molecule has 2 aromatic carbocycles. The Morgan fingerprint density at radius 2 is 1.78 bits per heavy atom. The van der Waals surface area contributed by atoms with E-state index in [0.717, 1.165) is 30.3 Å². The lowest BCUT2D eigenvalue weighted by atomic mass is 10.1. The van der Waals surface area contributed by atoms with E-state index in [4.69, 9.17) is 11.6 Å². The van der Waals surface area contributed by atoms with Crippen LogP contribution in [0.2, 0.25) is 5.02 Å². The van der Waals surface area contributed by atoms with E-state index in [0.29, 0.717) is 12.1 Å². The van der Waals surface area contributed by atoms with Crippen LogP contribution in [0, 0.1) is 5.82 Å². The third kappa shape index (κ3) is 6.00. The maximum Gasteiger partial charge on any atom is 0.416 e. The van der Waals surface area contributed by atoms with Crippen molar-refractivity contribution in [3.05, 3.63) is 76.2 Å². The predicted octanol–water partition coefficient (Wildman–Crippen LogP) is 5.69. The normalized spacial score (nSPS) is 12.2. The first kappa shape index (κ1) is 23.1. The molecule has 0 bridgehead atoms. The molecule has 0 spiro atoms. The monoisotopic (exact) mass is 475 g/mol. The Kier molecular flexibility index (Phi) is 6.72. The molecular formula is C19H12ClF6N5O. The molecule has 0 aliphatic carbocycles. The van der Waals surface area contributed by atoms with Gasteiger partial charge in [0.1, 0.15) is 11.5 Å². The number of aromatic nitrogens is 2. The van der Waals surface area contributed by atoms with Gasteiger partial charge < -0.3 is 5.32 Å². The number of aliphatic imine (C=N–C) groups is 1. The molecule has 0 unspecified atom stereocenters. The number of halogens is 7. The van der Waals surface area contributed by atoms with Gasteiger partial charge in [0.2, 0.25) is 5.96 Å². The zero-order valence-electron chi connectivity index (χ0n) is 15.6. The number of anilines is 1. The highest BCUT2D eigenvalue weighted by molar-refractivity contribution is 6.31. The molecule has 1 heterocycles. The molecule has 13 heteroatoms. The van der Waals surface area contributed by atoms with Gasteiger partial charge >= 0.3 is 6.18 Å². The van der Waals surface area contributed by atoms with Gasteiger partial charge in [-0.05, 0) is 42.5 Å². The minimum atomic E-state index is -4.58. The van der Waals surface area contributed by atoms with E-state index in [-0.39, 0.29) is 28.1 Å². The first-order valence-corrected chi connectivity index (χ1v) is 9.03. The summed E-state index contributed by atoms with van der Waals surface area (Å²) in [6, 6.07) is 7.56. The lowest BCUT2D eigenvalue weighted by Gasteiger charge is -2.12. The zero-order valence-corrected chi connectivity index (χ0v) is 16.4. The Morgan fingerprint density at radius 3 is 2.34 bits per heavy atom. The number of nitrogens with one attached hydrogen (secondary N) is 3. The van der Waals surface area contributed by atoms with Crippen molar-refractivity contribution in [2.75, 3.05) is 5.32 Å². The molecule has 0 atom stereocenters. The summed E-state index contributed by atoms with van der Waals surface area (Å²) < 4.78 is 77.2. The third-order valence-corrected chi connectivity index (χ3v) is 4.10. The summed E-state index contributed by atoms with van der Waals surface area (Å²) in [6.07, 6.45) is -7.44. The standard InChI is InChI=1S/C19H12ClF6N5O/c20-11-5-12(21)7-13(6-11)27-18(28-15-8-14(16(22)23)30-31-15)29-17(32)9-1-3-10(4-2-9)19(24,25)26/h1-8,16H,(H3,27,28,29,30,31,32). The van der Waals surface area contributed by atoms with Crippen molar-refractivity contribution in [1.29, 1.82) is 0 Å². The van der Waals surface area contributed by atoms with Crippen LogP contribution in [0.5, 0.6) is 0 Å². The molecule has 32 heavy (non-hydrogen) atoms. The molecule has 0 saturated heterocycles. The Morgan fingerprint density at radius 1 is 1.09 bits per heavy atom. The number of nitrogens with zero attached hydrogens (tertiary/aromatic N) is 2. The number of guanidine groups is 1. The predicted molar refractivity (Wildman–Crippen MR) is 105 cm³/mol. The van der Waals surface area contributed by atoms with E-state index in [9.17, 15) is 31.1 Å². The van der Waals surface area contributed by atoms with Crippen LogP contribution in [0.4, 0.5) is 37.8 Å². The molecule has 1 amide bonds. The fraction of sp³-hybridized carbons (Fsp3) is 0.105. The number of carbonyl (C=O) groups is 1. The highest BCUT2D eigenvalue weighted by atomic mass is 35.5. The van der Waals surface area contributed by atoms with Crippen LogP contribution in [0.3, 0.4) is 0 Å². The minimum absolute atomic E-state index is 0.0145. The van der Waals surface area contributed by atoms with Gasteiger partial charge in [0.25, 0.3) is 12.3 Å². The van der Waals surface area contributed by atoms with Crippen LogP contribution in [0.25, 0.3) is 0 Å². The largest absolute Gasteiger partial charge is 0.416 e. The smallest absolute Gasteiger partial charge is 0.325 e. The molecule has 0 aliphatic rings. The quantitative estimate of drug-likeness (QED) is 0.258. The third-order valence-electron chi connectivity index (χ3n) is 3.88. The van der Waals surface area contributed by atoms with Crippen molar-refractivity contribution in [3.63, 3.8) is 0 Å². The highest BCUT2D eigenvalue weighted by Crippen LogP contribution is 2.29. The van der Waals surface area contributed by atoms with Gasteiger partial charge in [-0.15, -0.1) is 0 Å². The highest BCUT2D eigenvalue weighted by Gasteiger charge is 2.30. The van der Waals surface area contributed by atoms with Gasteiger partial charge in [0, 0.05) is 22.3 Å². The van der Waals surface area contributed by atoms with Crippen LogP contribution in [-0.2, 0) is 6.18 Å². The number of hydrogen-bond acceptors (Lipinski definition) is 3. The van der Waals surface area contributed by atoms with Gasteiger partial charge in [0.15, 0.2) is 5.82 Å². The molecule has 1 aromatic heterocycles. The maximum atomic E-state index is 13.6. The zero-order chi connectivity index (χ0) is 23.5. The lowest BCUT2D eigenvalue weighted by molar-refractivity contribution is -0.137. The van der Waals surface area contributed by atoms with Crippen molar-refractivity contribution in [2.24, 2.45) is 4.99 Å². The Bertz CT molecular complexity index is 1120. The summed E-state index contributed by atoms with van der Waals surface area (Å²) in [5, 5.41) is 10.5. The number of alkyl halides is 5. The van der Waals surface area contributed by atoms with Gasteiger partial charge in [-0.3, -0.25) is 15.2 Å². The van der Waals surface area contributed by atoms with Crippen LogP contribution >= 0.6 is 11.6 Å². The van der Waals surface area contributed by atoms with E-state index < -0.39 is 35.6 Å². The molecule has 6 nitrogen and oxygen atoms in total. The summed E-state index contributed by atoms with van der Waals surface area (Å²) in [5.41, 5.74) is -1.59. The Labute approximate surface area is 181 Å². The van der Waals surface area contributed by atoms with E-state index in [1.807, 2.05) is 0 Å². The van der Waals surface area contributed by atoms with Gasteiger partial charge in [-0.2, -0.15) is 23.3 Å². The van der Waals surface area contributed by atoms with E-state index in [1.54, 1.807) is 0 Å². The Hall–Kier alpha value is -3.54. The topological polar surface area (TPSA) is 82.2 Å². The number of rotatable bonds is 4. The average Bonchev–Trinajstić information content (AvgIpc) is 3.15. The van der Waals surface area contributed by atoms with Crippen molar-refractivity contribution < 1.29 is 31.1 Å². The number of hydrogen-bond donors (Lipinski definition) is 3. The van der Waals surface area contributed by atoms with Crippen molar-refractivity contribution >= 4 is 35.0 Å². The van der Waals surface area contributed by atoms with Crippen molar-refractivity contribution in [3.8, 4) is 0 Å². The van der Waals surface area contributed by atoms with Crippen molar-refractivity contribution in [1.82, 2.24) is 15.5 Å². The number of carbonyl (C=O) groups excluding carboxylic acids is 1. The van der Waals surface area contributed by atoms with Crippen LogP contribution < -0.4 is 10.6 Å². The van der Waals surface area contributed by atoms with E-state index in [2.05, 4.69) is 25.8 Å². The fourth-order valence-corrected chi connectivity index (χ4v) is 2.67. The van der Waals surface area contributed by atoms with Gasteiger partial charge in [0.05, 0.1) is 5.56 Å². The summed E-state index contributed by atoms with van der Waals surface area (Å²) in [7, 11) is 0. The lowest BCUT2D eigenvalue weighted by Crippen LogP contribution is -2.35. The number of H-pyrrole nitrogens is 1. The first-order valence-electron chi connectivity index (χ1n) is 8.65. The molecular weight excluding hydrogens is 464 g/mol. The SMILES string of the molecule is O=C(NC(=Nc1cc(C(F)F)[nH]n1)Nc1cc(F)cc(Cl)c1)c1ccc(C(F)(F)F)cc1. The van der Waals surface area contributed by atoms with Crippen LogP contribution in [0.15, 0.2) is 53.5 Å². The number of amides is 1. The molecule has 0 fully saturated rings. The maximum absolute atomic E-state index is 13.6. The number of benzene rings is 2. The first-order chi connectivity index (χ1) is 15.0. The number of aromatic amines is 1. The minimum Gasteiger partial charge on any atom is -0.325 e. The molecule has 3 N–H and O–H groups in total. The van der Waals surface area contributed by atoms with Gasteiger partial charge in [-0.25, -0.2) is 13.2 Å². The summed E-state index contributed by atoms with van der Waals surface area (Å²) in [6.45, 7) is 0. The molecule has 0 aliphatic heterocycles.